The number of pyridine rings is 1. The highest BCUT2D eigenvalue weighted by molar-refractivity contribution is 5.59. The lowest BCUT2D eigenvalue weighted by atomic mass is 10.0. The number of nitrogens with one attached hydrogen (secondary N) is 1. The summed E-state index contributed by atoms with van der Waals surface area (Å²) in [4.78, 5) is 4.38. The topological polar surface area (TPSA) is 58.3 Å². The molecule has 4 heteroatoms. The monoisotopic (exact) mass is 322 g/mol. The van der Waals surface area contributed by atoms with Gasteiger partial charge in [0.05, 0.1) is 5.69 Å². The first-order valence-corrected chi connectivity index (χ1v) is 8.05. The van der Waals surface area contributed by atoms with Gasteiger partial charge in [0.2, 0.25) is 0 Å². The molecule has 124 valence electrons. The molecule has 24 heavy (non-hydrogen) atoms. The SMILES string of the molecule is Cc1ccc(C(C)(O)CNCc2cccc(-c3ccccn3)c2)o1. The fraction of sp³-hybridized carbons (Fsp3) is 0.250. The van der Waals surface area contributed by atoms with Crippen LogP contribution in [-0.2, 0) is 12.1 Å². The highest BCUT2D eigenvalue weighted by Gasteiger charge is 2.26. The lowest BCUT2D eigenvalue weighted by Gasteiger charge is -2.21. The molecule has 0 bridgehead atoms. The molecule has 0 spiro atoms. The van der Waals surface area contributed by atoms with Crippen LogP contribution in [0.5, 0.6) is 0 Å². The largest absolute Gasteiger partial charge is 0.463 e. The second-order valence-electron chi connectivity index (χ2n) is 6.20. The number of hydrogen-bond acceptors (Lipinski definition) is 4. The first-order chi connectivity index (χ1) is 11.5. The number of benzene rings is 1. The molecule has 1 aromatic carbocycles. The maximum atomic E-state index is 10.5. The quantitative estimate of drug-likeness (QED) is 0.727. The third-order valence-corrected chi connectivity index (χ3v) is 3.96. The third-order valence-electron chi connectivity index (χ3n) is 3.96. The van der Waals surface area contributed by atoms with Crippen molar-refractivity contribution in [2.45, 2.75) is 26.0 Å². The van der Waals surface area contributed by atoms with Crippen LogP contribution in [0.15, 0.2) is 65.2 Å². The number of hydrogen-bond donors (Lipinski definition) is 2. The molecule has 0 amide bonds. The smallest absolute Gasteiger partial charge is 0.136 e. The first kappa shape index (κ1) is 16.4. The van der Waals surface area contributed by atoms with E-state index in [2.05, 4.69) is 22.4 Å². The minimum absolute atomic E-state index is 0.410. The summed E-state index contributed by atoms with van der Waals surface area (Å²) in [6.45, 7) is 4.70. The number of aliphatic hydroxyl groups is 1. The molecule has 2 N–H and O–H groups in total. The Hall–Kier alpha value is -2.43. The molecule has 0 aliphatic heterocycles. The van der Waals surface area contributed by atoms with Crippen molar-refractivity contribution >= 4 is 0 Å². The molecule has 0 aliphatic carbocycles. The van der Waals surface area contributed by atoms with Gasteiger partial charge < -0.3 is 14.8 Å². The predicted octanol–water partition coefficient (Wildman–Crippen LogP) is 3.65. The molecule has 1 unspecified atom stereocenters. The van der Waals surface area contributed by atoms with Crippen LogP contribution in [-0.4, -0.2) is 16.6 Å². The summed E-state index contributed by atoms with van der Waals surface area (Å²) in [5, 5.41) is 13.8. The van der Waals surface area contributed by atoms with Gasteiger partial charge in [-0.2, -0.15) is 0 Å². The van der Waals surface area contributed by atoms with Crippen molar-refractivity contribution < 1.29 is 9.52 Å². The molecule has 0 saturated carbocycles. The lowest BCUT2D eigenvalue weighted by molar-refractivity contribution is 0.0333. The van der Waals surface area contributed by atoms with Gasteiger partial charge in [-0.15, -0.1) is 0 Å². The average Bonchev–Trinajstić information content (AvgIpc) is 3.03. The van der Waals surface area contributed by atoms with Crippen molar-refractivity contribution in [2.75, 3.05) is 6.54 Å². The molecule has 2 heterocycles. The Morgan fingerprint density at radius 3 is 2.71 bits per heavy atom. The number of rotatable bonds is 6. The average molecular weight is 322 g/mol. The summed E-state index contributed by atoms with van der Waals surface area (Å²) < 4.78 is 5.53. The van der Waals surface area contributed by atoms with Crippen LogP contribution in [0.4, 0.5) is 0 Å². The van der Waals surface area contributed by atoms with E-state index in [1.54, 1.807) is 13.1 Å². The zero-order chi connectivity index (χ0) is 17.0. The Labute approximate surface area is 142 Å². The molecule has 2 aromatic heterocycles. The summed E-state index contributed by atoms with van der Waals surface area (Å²) in [6, 6.07) is 17.8. The summed E-state index contributed by atoms with van der Waals surface area (Å²) in [5.41, 5.74) is 2.15. The minimum atomic E-state index is -1.03. The van der Waals surface area contributed by atoms with E-state index >= 15 is 0 Å². The van der Waals surface area contributed by atoms with Crippen LogP contribution in [0.3, 0.4) is 0 Å². The standard InChI is InChI=1S/C20H22N2O2/c1-15-9-10-19(24-15)20(2,23)14-21-13-16-6-5-7-17(12-16)18-8-3-4-11-22-18/h3-12,21,23H,13-14H2,1-2H3. The Bertz CT molecular complexity index is 794. The van der Waals surface area contributed by atoms with E-state index in [-0.39, 0.29) is 0 Å². The Kier molecular flexibility index (Phi) is 4.79. The zero-order valence-corrected chi connectivity index (χ0v) is 14.0. The fourth-order valence-electron chi connectivity index (χ4n) is 2.64. The first-order valence-electron chi connectivity index (χ1n) is 8.05. The van der Waals surface area contributed by atoms with Crippen LogP contribution in [0.2, 0.25) is 0 Å². The van der Waals surface area contributed by atoms with E-state index in [9.17, 15) is 5.11 Å². The van der Waals surface area contributed by atoms with Gasteiger partial charge in [0, 0.05) is 24.8 Å². The van der Waals surface area contributed by atoms with Crippen molar-refractivity contribution in [3.8, 4) is 11.3 Å². The third kappa shape index (κ3) is 3.91. The maximum Gasteiger partial charge on any atom is 0.136 e. The summed E-state index contributed by atoms with van der Waals surface area (Å²) in [5.74, 6) is 1.38. The molecule has 0 saturated heterocycles. The predicted molar refractivity (Wildman–Crippen MR) is 94.4 cm³/mol. The molecule has 3 aromatic rings. The van der Waals surface area contributed by atoms with Crippen LogP contribution >= 0.6 is 0 Å². The van der Waals surface area contributed by atoms with Crippen molar-refractivity contribution in [2.24, 2.45) is 0 Å². The highest BCUT2D eigenvalue weighted by atomic mass is 16.4. The zero-order valence-electron chi connectivity index (χ0n) is 14.0. The van der Waals surface area contributed by atoms with Gasteiger partial charge in [-0.3, -0.25) is 4.98 Å². The van der Waals surface area contributed by atoms with E-state index in [4.69, 9.17) is 4.42 Å². The van der Waals surface area contributed by atoms with Crippen molar-refractivity contribution in [1.29, 1.82) is 0 Å². The second kappa shape index (κ2) is 6.99. The van der Waals surface area contributed by atoms with Crippen LogP contribution < -0.4 is 5.32 Å². The van der Waals surface area contributed by atoms with Gasteiger partial charge in [0.1, 0.15) is 17.1 Å². The summed E-state index contributed by atoms with van der Waals surface area (Å²) >= 11 is 0. The molecule has 4 nitrogen and oxygen atoms in total. The Morgan fingerprint density at radius 1 is 1.12 bits per heavy atom. The number of aryl methyl sites for hydroxylation is 1. The fourth-order valence-corrected chi connectivity index (χ4v) is 2.64. The van der Waals surface area contributed by atoms with Crippen molar-refractivity contribution in [1.82, 2.24) is 10.3 Å². The number of nitrogens with zero attached hydrogens (tertiary/aromatic N) is 1. The number of aromatic nitrogens is 1. The van der Waals surface area contributed by atoms with E-state index < -0.39 is 5.60 Å². The van der Waals surface area contributed by atoms with Crippen molar-refractivity contribution in [3.63, 3.8) is 0 Å². The summed E-state index contributed by atoms with van der Waals surface area (Å²) in [7, 11) is 0. The molecule has 0 fully saturated rings. The van der Waals surface area contributed by atoms with E-state index in [1.807, 2.05) is 49.4 Å². The van der Waals surface area contributed by atoms with E-state index in [0.29, 0.717) is 18.8 Å². The van der Waals surface area contributed by atoms with E-state index in [0.717, 1.165) is 22.6 Å². The Balaban J connectivity index is 1.63. The summed E-state index contributed by atoms with van der Waals surface area (Å²) in [6.07, 6.45) is 1.79. The van der Waals surface area contributed by atoms with Crippen molar-refractivity contribution in [3.05, 3.63) is 77.9 Å². The van der Waals surface area contributed by atoms with Crippen LogP contribution in [0, 0.1) is 6.92 Å². The number of furan rings is 1. The van der Waals surface area contributed by atoms with Gasteiger partial charge in [-0.05, 0) is 49.7 Å². The molecule has 0 aliphatic rings. The van der Waals surface area contributed by atoms with Gasteiger partial charge in [-0.25, -0.2) is 0 Å². The highest BCUT2D eigenvalue weighted by Crippen LogP contribution is 2.22. The molecular formula is C20H22N2O2. The molecular weight excluding hydrogens is 300 g/mol. The molecule has 1 atom stereocenters. The van der Waals surface area contributed by atoms with Gasteiger partial charge in [-0.1, -0.05) is 24.3 Å². The van der Waals surface area contributed by atoms with Crippen LogP contribution in [0.1, 0.15) is 24.0 Å². The normalized spacial score (nSPS) is 13.6. The van der Waals surface area contributed by atoms with Crippen LogP contribution in [0.25, 0.3) is 11.3 Å². The lowest BCUT2D eigenvalue weighted by Crippen LogP contribution is -2.34. The second-order valence-corrected chi connectivity index (χ2v) is 6.20. The van der Waals surface area contributed by atoms with Gasteiger partial charge >= 0.3 is 0 Å². The van der Waals surface area contributed by atoms with Gasteiger partial charge in [0.15, 0.2) is 0 Å². The molecule has 3 rings (SSSR count). The molecule has 0 radical (unpaired) electrons. The Morgan fingerprint density at radius 2 is 2.00 bits per heavy atom. The maximum absolute atomic E-state index is 10.5. The van der Waals surface area contributed by atoms with Gasteiger partial charge in [0.25, 0.3) is 0 Å². The van der Waals surface area contributed by atoms with E-state index in [1.165, 1.54) is 0 Å². The minimum Gasteiger partial charge on any atom is -0.463 e.